The van der Waals surface area contributed by atoms with Gasteiger partial charge in [0.2, 0.25) is 0 Å². The van der Waals surface area contributed by atoms with Crippen molar-refractivity contribution < 1.29 is 29.9 Å². The van der Waals surface area contributed by atoms with Crippen LogP contribution in [-0.2, 0) is 9.47 Å². The SMILES string of the molecule is CO[C@@H]1O[C@H]([C@H](O)CO)[C@H](O)[C@H]1O. The molecule has 1 fully saturated rings. The van der Waals surface area contributed by atoms with Crippen LogP contribution >= 0.6 is 0 Å². The van der Waals surface area contributed by atoms with Gasteiger partial charge >= 0.3 is 0 Å². The average molecular weight is 194 g/mol. The average Bonchev–Trinajstić information content (AvgIpc) is 2.43. The smallest absolute Gasteiger partial charge is 0.186 e. The van der Waals surface area contributed by atoms with Crippen molar-refractivity contribution in [2.24, 2.45) is 0 Å². The molecule has 0 aromatic rings. The quantitative estimate of drug-likeness (QED) is 0.394. The maximum Gasteiger partial charge on any atom is 0.186 e. The van der Waals surface area contributed by atoms with Crippen LogP contribution in [0.25, 0.3) is 0 Å². The molecule has 0 spiro atoms. The highest BCUT2D eigenvalue weighted by Crippen LogP contribution is 2.23. The van der Waals surface area contributed by atoms with Crippen molar-refractivity contribution in [3.8, 4) is 0 Å². The van der Waals surface area contributed by atoms with Crippen molar-refractivity contribution in [1.82, 2.24) is 0 Å². The van der Waals surface area contributed by atoms with Gasteiger partial charge in [-0.2, -0.15) is 0 Å². The minimum atomic E-state index is -1.24. The second-order valence-electron chi connectivity index (χ2n) is 2.94. The molecule has 6 heteroatoms. The van der Waals surface area contributed by atoms with Crippen molar-refractivity contribution in [2.45, 2.75) is 30.7 Å². The van der Waals surface area contributed by atoms with E-state index in [2.05, 4.69) is 0 Å². The number of rotatable bonds is 3. The van der Waals surface area contributed by atoms with E-state index in [-0.39, 0.29) is 0 Å². The summed E-state index contributed by atoms with van der Waals surface area (Å²) in [5.41, 5.74) is 0. The van der Waals surface area contributed by atoms with E-state index in [1.165, 1.54) is 7.11 Å². The van der Waals surface area contributed by atoms with Crippen molar-refractivity contribution in [3.63, 3.8) is 0 Å². The van der Waals surface area contributed by atoms with Gasteiger partial charge in [-0.25, -0.2) is 0 Å². The molecule has 1 rings (SSSR count). The van der Waals surface area contributed by atoms with Crippen LogP contribution in [0.15, 0.2) is 0 Å². The summed E-state index contributed by atoms with van der Waals surface area (Å²) in [6, 6.07) is 0. The van der Waals surface area contributed by atoms with Crippen LogP contribution in [0.2, 0.25) is 0 Å². The van der Waals surface area contributed by atoms with Gasteiger partial charge in [-0.3, -0.25) is 0 Å². The fourth-order valence-electron chi connectivity index (χ4n) is 1.29. The molecule has 0 radical (unpaired) electrons. The second kappa shape index (κ2) is 4.32. The van der Waals surface area contributed by atoms with Crippen molar-refractivity contribution >= 4 is 0 Å². The molecule has 0 aliphatic carbocycles. The first-order valence-corrected chi connectivity index (χ1v) is 3.95. The number of methoxy groups -OCH3 is 1. The van der Waals surface area contributed by atoms with E-state index in [0.717, 1.165) is 0 Å². The summed E-state index contributed by atoms with van der Waals surface area (Å²) in [5, 5.41) is 36.4. The van der Waals surface area contributed by atoms with Gasteiger partial charge in [-0.1, -0.05) is 0 Å². The molecule has 0 bridgehead atoms. The fraction of sp³-hybridized carbons (Fsp3) is 1.00. The van der Waals surface area contributed by atoms with E-state index < -0.39 is 37.3 Å². The van der Waals surface area contributed by atoms with Gasteiger partial charge in [0.25, 0.3) is 0 Å². The first-order valence-electron chi connectivity index (χ1n) is 3.95. The molecule has 1 aliphatic heterocycles. The Morgan fingerprint density at radius 1 is 1.38 bits per heavy atom. The fourth-order valence-corrected chi connectivity index (χ4v) is 1.29. The summed E-state index contributed by atoms with van der Waals surface area (Å²) in [6.07, 6.45) is -5.63. The van der Waals surface area contributed by atoms with Crippen LogP contribution in [0, 0.1) is 0 Å². The molecular weight excluding hydrogens is 180 g/mol. The van der Waals surface area contributed by atoms with Gasteiger partial charge < -0.3 is 29.9 Å². The maximum atomic E-state index is 9.33. The topological polar surface area (TPSA) is 99.4 Å². The number of aliphatic hydroxyl groups excluding tert-OH is 4. The van der Waals surface area contributed by atoms with Crippen LogP contribution in [0.3, 0.4) is 0 Å². The third kappa shape index (κ3) is 1.98. The molecule has 0 aromatic heterocycles. The molecule has 78 valence electrons. The van der Waals surface area contributed by atoms with Gasteiger partial charge in [0.15, 0.2) is 6.29 Å². The van der Waals surface area contributed by atoms with Gasteiger partial charge in [0.05, 0.1) is 6.61 Å². The molecule has 5 atom stereocenters. The third-order valence-corrected chi connectivity index (χ3v) is 2.06. The Morgan fingerprint density at radius 3 is 2.38 bits per heavy atom. The van der Waals surface area contributed by atoms with Crippen LogP contribution in [-0.4, -0.2) is 64.8 Å². The number of hydrogen-bond acceptors (Lipinski definition) is 6. The predicted octanol–water partition coefficient (Wildman–Crippen LogP) is -2.57. The van der Waals surface area contributed by atoms with Crippen LogP contribution < -0.4 is 0 Å². The van der Waals surface area contributed by atoms with Crippen molar-refractivity contribution in [2.75, 3.05) is 13.7 Å². The molecule has 13 heavy (non-hydrogen) atoms. The van der Waals surface area contributed by atoms with Gasteiger partial charge in [-0.05, 0) is 0 Å². The Bertz CT molecular complexity index is 163. The van der Waals surface area contributed by atoms with E-state index in [1.54, 1.807) is 0 Å². The predicted molar refractivity (Wildman–Crippen MR) is 40.8 cm³/mol. The lowest BCUT2D eigenvalue weighted by Gasteiger charge is -2.18. The normalized spacial score (nSPS) is 42.2. The van der Waals surface area contributed by atoms with Crippen LogP contribution in [0.5, 0.6) is 0 Å². The summed E-state index contributed by atoms with van der Waals surface area (Å²) in [4.78, 5) is 0. The second-order valence-corrected chi connectivity index (χ2v) is 2.94. The number of ether oxygens (including phenoxy) is 2. The molecule has 4 N–H and O–H groups in total. The minimum absolute atomic E-state index is 0.537. The molecular formula is C7H14O6. The molecule has 0 saturated carbocycles. The highest BCUT2D eigenvalue weighted by molar-refractivity contribution is 4.90. The van der Waals surface area contributed by atoms with Crippen LogP contribution in [0.4, 0.5) is 0 Å². The molecule has 1 saturated heterocycles. The first-order chi connectivity index (χ1) is 6.11. The summed E-state index contributed by atoms with van der Waals surface area (Å²) in [7, 11) is 1.31. The van der Waals surface area contributed by atoms with Gasteiger partial charge in [0.1, 0.15) is 24.4 Å². The lowest BCUT2D eigenvalue weighted by atomic mass is 10.1. The Kier molecular flexibility index (Phi) is 3.60. The Labute approximate surface area is 75.3 Å². The lowest BCUT2D eigenvalue weighted by molar-refractivity contribution is -0.166. The Hall–Kier alpha value is -0.240. The highest BCUT2D eigenvalue weighted by Gasteiger charge is 2.45. The van der Waals surface area contributed by atoms with Gasteiger partial charge in [0, 0.05) is 7.11 Å². The number of aliphatic hydroxyl groups is 4. The number of hydrogen-bond donors (Lipinski definition) is 4. The Morgan fingerprint density at radius 2 is 2.00 bits per heavy atom. The van der Waals surface area contributed by atoms with E-state index in [9.17, 15) is 10.2 Å². The van der Waals surface area contributed by atoms with E-state index in [1.807, 2.05) is 0 Å². The molecule has 0 amide bonds. The zero-order valence-corrected chi connectivity index (χ0v) is 7.20. The van der Waals surface area contributed by atoms with E-state index in [0.29, 0.717) is 0 Å². The first kappa shape index (κ1) is 10.8. The highest BCUT2D eigenvalue weighted by atomic mass is 16.7. The molecule has 1 heterocycles. The molecule has 6 nitrogen and oxygen atoms in total. The van der Waals surface area contributed by atoms with Crippen LogP contribution in [0.1, 0.15) is 0 Å². The van der Waals surface area contributed by atoms with Crippen molar-refractivity contribution in [3.05, 3.63) is 0 Å². The Balaban J connectivity index is 2.60. The molecule has 1 aliphatic rings. The standard InChI is InChI=1S/C7H14O6/c1-12-7-5(11)4(10)6(13-7)3(9)2-8/h3-11H,2H2,1H3/t3-,4-,5-,6-,7-/m1/s1. The molecule has 0 unspecified atom stereocenters. The monoisotopic (exact) mass is 194 g/mol. The zero-order chi connectivity index (χ0) is 10.0. The summed E-state index contributed by atoms with van der Waals surface area (Å²) >= 11 is 0. The summed E-state index contributed by atoms with van der Waals surface area (Å²) in [6.45, 7) is -0.537. The molecule has 0 aromatic carbocycles. The summed E-state index contributed by atoms with van der Waals surface area (Å²) in [5.74, 6) is 0. The van der Waals surface area contributed by atoms with Crippen molar-refractivity contribution in [1.29, 1.82) is 0 Å². The maximum absolute atomic E-state index is 9.33. The largest absolute Gasteiger partial charge is 0.394 e. The lowest BCUT2D eigenvalue weighted by Crippen LogP contribution is -2.40. The summed E-state index contributed by atoms with van der Waals surface area (Å²) < 4.78 is 9.65. The third-order valence-electron chi connectivity index (χ3n) is 2.06. The zero-order valence-electron chi connectivity index (χ0n) is 7.20. The van der Waals surface area contributed by atoms with Gasteiger partial charge in [-0.15, -0.1) is 0 Å². The minimum Gasteiger partial charge on any atom is -0.394 e. The van der Waals surface area contributed by atoms with E-state index in [4.69, 9.17) is 19.7 Å². The van der Waals surface area contributed by atoms with E-state index >= 15 is 0 Å².